The summed E-state index contributed by atoms with van der Waals surface area (Å²) >= 11 is 0. The molecule has 0 fully saturated rings. The average Bonchev–Trinajstić information content (AvgIpc) is 3.03. The van der Waals surface area contributed by atoms with Crippen LogP contribution >= 0.6 is 7.60 Å². The molecule has 1 aliphatic rings. The van der Waals surface area contributed by atoms with E-state index in [0.29, 0.717) is 28.0 Å². The van der Waals surface area contributed by atoms with Crippen molar-refractivity contribution in [3.8, 4) is 11.5 Å². The topological polar surface area (TPSA) is 151 Å². The van der Waals surface area contributed by atoms with Crippen molar-refractivity contribution < 1.29 is 43.6 Å². The van der Waals surface area contributed by atoms with Gasteiger partial charge < -0.3 is 29.5 Å². The van der Waals surface area contributed by atoms with Gasteiger partial charge in [0.2, 0.25) is 0 Å². The Labute approximate surface area is 173 Å². The summed E-state index contributed by atoms with van der Waals surface area (Å²) in [5, 5.41) is 20.0. The Balaban J connectivity index is 2.25. The number of carboxylic acid groups (broad SMARTS) is 1. The van der Waals surface area contributed by atoms with Gasteiger partial charge in [0.15, 0.2) is 0 Å². The first kappa shape index (κ1) is 23.7. The molecule has 0 aromatic heterocycles. The van der Waals surface area contributed by atoms with E-state index in [4.69, 9.17) is 19.3 Å². The molecule has 1 atom stereocenters. The number of benzene rings is 1. The van der Waals surface area contributed by atoms with Gasteiger partial charge in [0.25, 0.3) is 0 Å². The minimum absolute atomic E-state index is 0.0697. The van der Waals surface area contributed by atoms with Crippen LogP contribution in [0.25, 0.3) is 0 Å². The number of rotatable bonds is 9. The van der Waals surface area contributed by atoms with Crippen LogP contribution in [0.5, 0.6) is 11.5 Å². The number of fused-ring (bicyclic) bond motifs is 1. The molecule has 4 N–H and O–H groups in total. The second-order valence-corrected chi connectivity index (χ2v) is 8.79. The van der Waals surface area contributed by atoms with Gasteiger partial charge in [-0.25, -0.2) is 4.79 Å². The number of hydrogen-bond donors (Lipinski definition) is 4. The Morgan fingerprint density at radius 3 is 2.60 bits per heavy atom. The third kappa shape index (κ3) is 5.50. The largest absolute Gasteiger partial charge is 0.507 e. The Morgan fingerprint density at radius 2 is 2.03 bits per heavy atom. The molecule has 0 saturated heterocycles. The number of aliphatic carboxylic acids is 1. The Hall–Kier alpha value is -2.61. The first-order valence-corrected chi connectivity index (χ1v) is 10.9. The van der Waals surface area contributed by atoms with E-state index >= 15 is 0 Å². The molecule has 10 heteroatoms. The van der Waals surface area contributed by atoms with Crippen LogP contribution in [-0.4, -0.2) is 45.2 Å². The zero-order chi connectivity index (χ0) is 22.6. The minimum Gasteiger partial charge on any atom is -0.507 e. The summed E-state index contributed by atoms with van der Waals surface area (Å²) in [5.74, 6) is -2.46. The maximum atomic E-state index is 12.0. The van der Waals surface area contributed by atoms with E-state index in [9.17, 15) is 24.4 Å². The van der Waals surface area contributed by atoms with Crippen LogP contribution in [-0.2, 0) is 27.1 Å². The molecule has 1 aromatic rings. The quantitative estimate of drug-likeness (QED) is 0.258. The molecule has 1 heterocycles. The summed E-state index contributed by atoms with van der Waals surface area (Å²) < 4.78 is 21.3. The van der Waals surface area contributed by atoms with Gasteiger partial charge >= 0.3 is 19.5 Å². The number of cyclic esters (lactones) is 1. The maximum Gasteiger partial charge on any atom is 0.342 e. The van der Waals surface area contributed by atoms with Crippen LogP contribution < -0.4 is 4.74 Å². The fourth-order valence-corrected chi connectivity index (χ4v) is 3.73. The number of phenols is 1. The molecule has 0 radical (unpaired) electrons. The van der Waals surface area contributed by atoms with Gasteiger partial charge in [-0.1, -0.05) is 23.8 Å². The van der Waals surface area contributed by atoms with Crippen LogP contribution in [0.2, 0.25) is 0 Å². The number of hydrogen-bond acceptors (Lipinski definition) is 6. The van der Waals surface area contributed by atoms with Crippen molar-refractivity contribution >= 4 is 19.5 Å². The number of esters is 1. The summed E-state index contributed by atoms with van der Waals surface area (Å²) in [6.45, 7) is 3.55. The van der Waals surface area contributed by atoms with E-state index in [2.05, 4.69) is 0 Å². The fraction of sp³-hybridized carbons (Fsp3) is 0.400. The molecule has 0 amide bonds. The highest BCUT2D eigenvalue weighted by atomic mass is 31.2. The van der Waals surface area contributed by atoms with E-state index in [1.54, 1.807) is 19.9 Å². The predicted octanol–water partition coefficient (Wildman–Crippen LogP) is 2.69. The van der Waals surface area contributed by atoms with Crippen LogP contribution in [0.15, 0.2) is 23.8 Å². The highest BCUT2D eigenvalue weighted by molar-refractivity contribution is 7.51. The molecule has 0 bridgehead atoms. The average molecular weight is 440 g/mol. The van der Waals surface area contributed by atoms with E-state index in [1.807, 2.05) is 0 Å². The molecule has 164 valence electrons. The van der Waals surface area contributed by atoms with Crippen molar-refractivity contribution in [2.75, 3.05) is 13.3 Å². The molecule has 9 nitrogen and oxygen atoms in total. The van der Waals surface area contributed by atoms with E-state index in [-0.39, 0.29) is 30.8 Å². The third-order valence-electron chi connectivity index (χ3n) is 4.87. The normalized spacial score (nSPS) is 15.2. The first-order valence-electron chi connectivity index (χ1n) is 9.14. The summed E-state index contributed by atoms with van der Waals surface area (Å²) in [5.41, 5.74) is 2.49. The molecule has 0 saturated carbocycles. The Morgan fingerprint density at radius 1 is 1.37 bits per heavy atom. The lowest BCUT2D eigenvalue weighted by Crippen LogP contribution is -2.11. The lowest BCUT2D eigenvalue weighted by molar-refractivity contribution is -0.140. The summed E-state index contributed by atoms with van der Waals surface area (Å²) in [6.07, 6.45) is 3.91. The Kier molecular flexibility index (Phi) is 7.47. The molecule has 2 rings (SSSR count). The number of carbonyl (C=O) groups is 2. The lowest BCUT2D eigenvalue weighted by atomic mass is 9.93. The van der Waals surface area contributed by atoms with Gasteiger partial charge in [-0.3, -0.25) is 9.36 Å². The first-order chi connectivity index (χ1) is 14.0. The van der Waals surface area contributed by atoms with Gasteiger partial charge in [0.05, 0.1) is 19.2 Å². The number of ether oxygens (including phenoxy) is 2. The van der Waals surface area contributed by atoms with Gasteiger partial charge in [0, 0.05) is 11.1 Å². The number of carbonyl (C=O) groups excluding carboxylic acids is 1. The van der Waals surface area contributed by atoms with Crippen molar-refractivity contribution in [2.24, 2.45) is 5.92 Å². The monoisotopic (exact) mass is 440 g/mol. The van der Waals surface area contributed by atoms with Crippen molar-refractivity contribution in [1.29, 1.82) is 0 Å². The SMILES string of the molecule is COc1c(C)c2c(c(O)c1C/C=C(\C)CC(/C=C/CP(=O)(O)O)C(=O)O)C(=O)OC2. The van der Waals surface area contributed by atoms with Gasteiger partial charge in [-0.15, -0.1) is 0 Å². The summed E-state index contributed by atoms with van der Waals surface area (Å²) in [4.78, 5) is 41.2. The molecule has 30 heavy (non-hydrogen) atoms. The summed E-state index contributed by atoms with van der Waals surface area (Å²) in [7, 11) is -2.79. The molecule has 1 aromatic carbocycles. The van der Waals surface area contributed by atoms with E-state index in [1.165, 1.54) is 13.2 Å². The van der Waals surface area contributed by atoms with Crippen LogP contribution in [0.3, 0.4) is 0 Å². The second kappa shape index (κ2) is 9.47. The Bertz CT molecular complexity index is 956. The molecule has 1 unspecified atom stereocenters. The van der Waals surface area contributed by atoms with E-state index < -0.39 is 31.6 Å². The van der Waals surface area contributed by atoms with Crippen LogP contribution in [0.4, 0.5) is 0 Å². The van der Waals surface area contributed by atoms with Crippen LogP contribution in [0, 0.1) is 12.8 Å². The standard InChI is InChI=1S/C20H25O9P/c1-11(9-13(19(22)23)5-4-8-30(25,26)27)6-7-14-17(21)16-15(10-29-20(16)24)12(2)18(14)28-3/h4-6,13,21H,7-10H2,1-3H3,(H,22,23)(H2,25,26,27)/b5-4+,11-6+. The third-order valence-corrected chi connectivity index (χ3v) is 5.56. The predicted molar refractivity (Wildman–Crippen MR) is 108 cm³/mol. The smallest absolute Gasteiger partial charge is 0.342 e. The molecule has 0 spiro atoms. The number of carboxylic acids is 1. The lowest BCUT2D eigenvalue weighted by Gasteiger charge is -2.16. The van der Waals surface area contributed by atoms with E-state index in [0.717, 1.165) is 6.08 Å². The minimum atomic E-state index is -4.24. The fourth-order valence-electron chi connectivity index (χ4n) is 3.33. The second-order valence-electron chi connectivity index (χ2n) is 7.09. The number of allylic oxidation sites excluding steroid dienone is 3. The highest BCUT2D eigenvalue weighted by Gasteiger charge is 2.31. The van der Waals surface area contributed by atoms with Crippen molar-refractivity contribution in [2.45, 2.75) is 33.3 Å². The summed E-state index contributed by atoms with van der Waals surface area (Å²) in [6, 6.07) is 0. The zero-order valence-electron chi connectivity index (χ0n) is 16.9. The number of aromatic hydroxyl groups is 1. The maximum absolute atomic E-state index is 12.0. The number of methoxy groups -OCH3 is 1. The molecular weight excluding hydrogens is 415 g/mol. The van der Waals surface area contributed by atoms with Crippen molar-refractivity contribution in [1.82, 2.24) is 0 Å². The molecule has 1 aliphatic heterocycles. The van der Waals surface area contributed by atoms with Crippen molar-refractivity contribution in [3.63, 3.8) is 0 Å². The van der Waals surface area contributed by atoms with Gasteiger partial charge in [-0.2, -0.15) is 0 Å². The van der Waals surface area contributed by atoms with Gasteiger partial charge in [-0.05, 0) is 32.3 Å². The van der Waals surface area contributed by atoms with Crippen molar-refractivity contribution in [3.05, 3.63) is 46.1 Å². The molecular formula is C20H25O9P. The molecule has 0 aliphatic carbocycles. The van der Waals surface area contributed by atoms with Crippen LogP contribution in [0.1, 0.15) is 40.4 Å². The number of phenolic OH excluding ortho intramolecular Hbond substituents is 1. The zero-order valence-corrected chi connectivity index (χ0v) is 17.8. The van der Waals surface area contributed by atoms with Gasteiger partial charge in [0.1, 0.15) is 23.7 Å². The highest BCUT2D eigenvalue weighted by Crippen LogP contribution is 2.42.